The normalized spacial score (nSPS) is 14.7. The molecule has 0 amide bonds. The van der Waals surface area contributed by atoms with Crippen LogP contribution >= 0.6 is 0 Å². The molecule has 0 radical (unpaired) electrons. The standard InChI is InChI=1S/C27H30N6O5S2/c1-3-39(34,35)16-15-29-27-25(18(2)22(17-28)26(31-27)30-19-9-5-4-6-10-19)33-32-23-13-14-24(40(36,37)38)21-12-8-7-11-20(21)23/h3,7-8,11-14,19H,1,4-6,9-10,15-16H2,2H3,(H2,29,30,31)(H,36,37,38). The number of rotatable bonds is 10. The number of nitriles is 1. The number of pyridine rings is 1. The van der Waals surface area contributed by atoms with Gasteiger partial charge in [-0.2, -0.15) is 13.7 Å². The molecule has 1 aromatic heterocycles. The summed E-state index contributed by atoms with van der Waals surface area (Å²) >= 11 is 0. The van der Waals surface area contributed by atoms with E-state index in [0.717, 1.165) is 31.1 Å². The molecule has 210 valence electrons. The molecular formula is C27H30N6O5S2. The molecule has 1 aliphatic carbocycles. The summed E-state index contributed by atoms with van der Waals surface area (Å²) in [6, 6.07) is 11.6. The molecule has 2 aromatic carbocycles. The molecule has 1 aliphatic rings. The fourth-order valence-electron chi connectivity index (χ4n) is 4.69. The number of benzene rings is 2. The number of nitrogens with zero attached hydrogens (tertiary/aromatic N) is 4. The average Bonchev–Trinajstić information content (AvgIpc) is 2.92. The van der Waals surface area contributed by atoms with Gasteiger partial charge in [-0.05, 0) is 31.9 Å². The summed E-state index contributed by atoms with van der Waals surface area (Å²) in [5, 5.41) is 26.7. The Bertz CT molecular complexity index is 1720. The smallest absolute Gasteiger partial charge is 0.295 e. The Balaban J connectivity index is 1.79. The van der Waals surface area contributed by atoms with Gasteiger partial charge in [-0.3, -0.25) is 4.55 Å². The van der Waals surface area contributed by atoms with Gasteiger partial charge in [0.05, 0.1) is 17.0 Å². The Kier molecular flexibility index (Phi) is 8.82. The van der Waals surface area contributed by atoms with Crippen molar-refractivity contribution < 1.29 is 21.4 Å². The van der Waals surface area contributed by atoms with E-state index in [1.165, 1.54) is 18.6 Å². The maximum absolute atomic E-state index is 12.0. The minimum atomic E-state index is -4.47. The van der Waals surface area contributed by atoms with Crippen molar-refractivity contribution >= 4 is 53.7 Å². The van der Waals surface area contributed by atoms with Crippen LogP contribution in [0.25, 0.3) is 10.8 Å². The third-order valence-corrected chi connectivity index (χ3v) is 9.00. The Hall–Kier alpha value is -3.86. The van der Waals surface area contributed by atoms with Gasteiger partial charge >= 0.3 is 0 Å². The van der Waals surface area contributed by atoms with Crippen LogP contribution in [0.5, 0.6) is 0 Å². The first-order valence-corrected chi connectivity index (χ1v) is 15.9. The number of fused-ring (bicyclic) bond motifs is 1. The summed E-state index contributed by atoms with van der Waals surface area (Å²) in [7, 11) is -7.94. The van der Waals surface area contributed by atoms with E-state index in [2.05, 4.69) is 38.5 Å². The van der Waals surface area contributed by atoms with Crippen molar-refractivity contribution in [2.75, 3.05) is 22.9 Å². The Labute approximate surface area is 233 Å². The zero-order valence-electron chi connectivity index (χ0n) is 22.0. The summed E-state index contributed by atoms with van der Waals surface area (Å²) in [5.41, 5.74) is 1.36. The first kappa shape index (κ1) is 29.1. The Morgan fingerprint density at radius 3 is 2.42 bits per heavy atom. The van der Waals surface area contributed by atoms with E-state index in [-0.39, 0.29) is 40.1 Å². The van der Waals surface area contributed by atoms with E-state index in [1.54, 1.807) is 31.2 Å². The second-order valence-corrected chi connectivity index (χ2v) is 13.0. The first-order valence-electron chi connectivity index (χ1n) is 12.8. The quantitative estimate of drug-likeness (QED) is 0.197. The fourth-order valence-corrected chi connectivity index (χ4v) is 5.94. The number of sulfone groups is 1. The molecule has 0 spiro atoms. The number of aromatic nitrogens is 1. The molecule has 0 atom stereocenters. The van der Waals surface area contributed by atoms with Crippen molar-refractivity contribution in [2.24, 2.45) is 10.2 Å². The molecule has 40 heavy (non-hydrogen) atoms. The number of azo groups is 1. The monoisotopic (exact) mass is 582 g/mol. The lowest BCUT2D eigenvalue weighted by Crippen LogP contribution is -2.24. The lowest BCUT2D eigenvalue weighted by atomic mass is 9.95. The molecule has 1 saturated carbocycles. The third kappa shape index (κ3) is 6.64. The predicted molar refractivity (Wildman–Crippen MR) is 155 cm³/mol. The van der Waals surface area contributed by atoms with Crippen LogP contribution in [0, 0.1) is 18.3 Å². The topological polar surface area (TPSA) is 174 Å². The van der Waals surface area contributed by atoms with Gasteiger partial charge < -0.3 is 10.6 Å². The van der Waals surface area contributed by atoms with E-state index >= 15 is 0 Å². The van der Waals surface area contributed by atoms with Crippen LogP contribution in [0.2, 0.25) is 0 Å². The molecule has 0 unspecified atom stereocenters. The molecule has 0 bridgehead atoms. The third-order valence-electron chi connectivity index (χ3n) is 6.80. The highest BCUT2D eigenvalue weighted by Crippen LogP contribution is 2.37. The zero-order chi connectivity index (χ0) is 28.9. The Morgan fingerprint density at radius 2 is 1.77 bits per heavy atom. The fraction of sp³-hybridized carbons (Fsp3) is 0.333. The molecule has 4 rings (SSSR count). The summed E-state index contributed by atoms with van der Waals surface area (Å²) in [6.45, 7) is 5.07. The largest absolute Gasteiger partial charge is 0.367 e. The molecular weight excluding hydrogens is 552 g/mol. The van der Waals surface area contributed by atoms with Gasteiger partial charge in [-0.25, -0.2) is 13.4 Å². The molecule has 13 heteroatoms. The summed E-state index contributed by atoms with van der Waals surface area (Å²) in [6.07, 6.45) is 5.25. The van der Waals surface area contributed by atoms with E-state index < -0.39 is 20.0 Å². The van der Waals surface area contributed by atoms with E-state index in [0.29, 0.717) is 28.0 Å². The molecule has 0 aliphatic heterocycles. The van der Waals surface area contributed by atoms with Gasteiger partial charge in [-0.1, -0.05) is 50.1 Å². The van der Waals surface area contributed by atoms with Crippen molar-refractivity contribution in [1.82, 2.24) is 4.98 Å². The maximum Gasteiger partial charge on any atom is 0.295 e. The number of hydrogen-bond donors (Lipinski definition) is 3. The highest BCUT2D eigenvalue weighted by atomic mass is 32.2. The van der Waals surface area contributed by atoms with Crippen LogP contribution in [0.1, 0.15) is 43.2 Å². The minimum Gasteiger partial charge on any atom is -0.367 e. The van der Waals surface area contributed by atoms with Crippen molar-refractivity contribution in [3.8, 4) is 6.07 Å². The van der Waals surface area contributed by atoms with Gasteiger partial charge in [0, 0.05) is 34.3 Å². The maximum atomic E-state index is 12.0. The number of nitrogens with one attached hydrogen (secondary N) is 2. The van der Waals surface area contributed by atoms with Gasteiger partial charge in [0.15, 0.2) is 15.7 Å². The summed E-state index contributed by atoms with van der Waals surface area (Å²) in [5.74, 6) is 0.417. The highest BCUT2D eigenvalue weighted by Gasteiger charge is 2.22. The summed E-state index contributed by atoms with van der Waals surface area (Å²) in [4.78, 5) is 4.38. The summed E-state index contributed by atoms with van der Waals surface area (Å²) < 4.78 is 57.3. The Morgan fingerprint density at radius 1 is 1.07 bits per heavy atom. The van der Waals surface area contributed by atoms with Crippen LogP contribution < -0.4 is 10.6 Å². The van der Waals surface area contributed by atoms with E-state index in [4.69, 9.17) is 0 Å². The molecule has 1 fully saturated rings. The van der Waals surface area contributed by atoms with Crippen LogP contribution in [-0.4, -0.2) is 44.7 Å². The highest BCUT2D eigenvalue weighted by molar-refractivity contribution is 7.94. The van der Waals surface area contributed by atoms with E-state index in [9.17, 15) is 26.7 Å². The SMILES string of the molecule is C=CS(=O)(=O)CCNc1nc(NC2CCCCC2)c(C#N)c(C)c1N=Nc1ccc(S(=O)(=O)O)c2ccccc12. The van der Waals surface area contributed by atoms with Crippen LogP contribution in [0.4, 0.5) is 23.0 Å². The lowest BCUT2D eigenvalue weighted by molar-refractivity contribution is 0.462. The molecule has 11 nitrogen and oxygen atoms in total. The van der Waals surface area contributed by atoms with Gasteiger partial charge in [0.2, 0.25) is 0 Å². The van der Waals surface area contributed by atoms with Crippen molar-refractivity contribution in [1.29, 1.82) is 5.26 Å². The minimum absolute atomic E-state index is 0.0179. The molecule has 3 aromatic rings. The van der Waals surface area contributed by atoms with Crippen molar-refractivity contribution in [3.63, 3.8) is 0 Å². The number of anilines is 2. The second-order valence-electron chi connectivity index (χ2n) is 9.51. The van der Waals surface area contributed by atoms with Crippen LogP contribution in [-0.2, 0) is 20.0 Å². The lowest BCUT2D eigenvalue weighted by Gasteiger charge is -2.25. The molecule has 0 saturated heterocycles. The predicted octanol–water partition coefficient (Wildman–Crippen LogP) is 5.79. The van der Waals surface area contributed by atoms with Crippen LogP contribution in [0.3, 0.4) is 0 Å². The second kappa shape index (κ2) is 12.1. The van der Waals surface area contributed by atoms with Crippen molar-refractivity contribution in [2.45, 2.75) is 50.0 Å². The number of hydrogen-bond acceptors (Lipinski definition) is 10. The first-order chi connectivity index (χ1) is 19.0. The average molecular weight is 583 g/mol. The van der Waals surface area contributed by atoms with Gasteiger partial charge in [-0.15, -0.1) is 10.2 Å². The molecule has 1 heterocycles. The molecule has 3 N–H and O–H groups in total. The van der Waals surface area contributed by atoms with Gasteiger partial charge in [0.1, 0.15) is 22.5 Å². The van der Waals surface area contributed by atoms with E-state index in [1.807, 2.05) is 0 Å². The van der Waals surface area contributed by atoms with Crippen LogP contribution in [0.15, 0.2) is 63.5 Å². The zero-order valence-corrected chi connectivity index (χ0v) is 23.6. The van der Waals surface area contributed by atoms with Crippen molar-refractivity contribution in [3.05, 3.63) is 59.5 Å². The van der Waals surface area contributed by atoms with Gasteiger partial charge in [0.25, 0.3) is 10.1 Å².